The number of hydrogen-bond acceptors (Lipinski definition) is 4. The summed E-state index contributed by atoms with van der Waals surface area (Å²) in [5, 5.41) is 7.58. The molecule has 1 N–H and O–H groups in total. The number of ketones is 1. The van der Waals surface area contributed by atoms with Crippen molar-refractivity contribution in [1.82, 2.24) is 0 Å². The molecule has 0 amide bonds. The molecule has 0 radical (unpaired) electrons. The first-order chi connectivity index (χ1) is 8.25. The maximum absolute atomic E-state index is 11.6. The SMILES string of the molecule is Cc1ccc(NN=CC(=O)c2ccsc2)cc1. The number of hydrogen-bond donors (Lipinski definition) is 1. The van der Waals surface area contributed by atoms with E-state index in [-0.39, 0.29) is 5.78 Å². The summed E-state index contributed by atoms with van der Waals surface area (Å²) in [6, 6.07) is 9.59. The second-order valence-corrected chi connectivity index (χ2v) is 4.39. The number of benzene rings is 1. The van der Waals surface area contributed by atoms with E-state index in [0.29, 0.717) is 5.56 Å². The van der Waals surface area contributed by atoms with Gasteiger partial charge in [-0.1, -0.05) is 17.7 Å². The third kappa shape index (κ3) is 3.26. The van der Waals surface area contributed by atoms with E-state index in [1.165, 1.54) is 23.1 Å². The van der Waals surface area contributed by atoms with Crippen LogP contribution in [-0.4, -0.2) is 12.0 Å². The van der Waals surface area contributed by atoms with Crippen LogP contribution in [0.5, 0.6) is 0 Å². The van der Waals surface area contributed by atoms with Crippen molar-refractivity contribution in [2.24, 2.45) is 5.10 Å². The molecular weight excluding hydrogens is 232 g/mol. The van der Waals surface area contributed by atoms with Gasteiger partial charge in [-0.25, -0.2) is 0 Å². The summed E-state index contributed by atoms with van der Waals surface area (Å²) < 4.78 is 0. The van der Waals surface area contributed by atoms with Crippen LogP contribution in [0.25, 0.3) is 0 Å². The average molecular weight is 244 g/mol. The molecular formula is C13H12N2OS. The Kier molecular flexibility index (Phi) is 3.67. The van der Waals surface area contributed by atoms with Gasteiger partial charge in [0.05, 0.1) is 11.9 Å². The average Bonchev–Trinajstić information content (AvgIpc) is 2.85. The minimum atomic E-state index is -0.0918. The van der Waals surface area contributed by atoms with Gasteiger partial charge >= 0.3 is 0 Å². The zero-order chi connectivity index (χ0) is 12.1. The molecule has 3 nitrogen and oxygen atoms in total. The maximum atomic E-state index is 11.6. The molecule has 0 spiro atoms. The Hall–Kier alpha value is -1.94. The van der Waals surface area contributed by atoms with Gasteiger partial charge in [-0.3, -0.25) is 10.2 Å². The van der Waals surface area contributed by atoms with E-state index in [2.05, 4.69) is 10.5 Å². The van der Waals surface area contributed by atoms with Crippen LogP contribution in [0.15, 0.2) is 46.2 Å². The highest BCUT2D eigenvalue weighted by atomic mass is 32.1. The highest BCUT2D eigenvalue weighted by molar-refractivity contribution is 7.08. The van der Waals surface area contributed by atoms with Crippen molar-refractivity contribution in [1.29, 1.82) is 0 Å². The van der Waals surface area contributed by atoms with E-state index in [0.717, 1.165) is 5.69 Å². The van der Waals surface area contributed by atoms with Crippen LogP contribution in [0.3, 0.4) is 0 Å². The van der Waals surface area contributed by atoms with Gasteiger partial charge in [0.25, 0.3) is 0 Å². The lowest BCUT2D eigenvalue weighted by molar-refractivity contribution is 0.107. The quantitative estimate of drug-likeness (QED) is 0.509. The van der Waals surface area contributed by atoms with Gasteiger partial charge in [0, 0.05) is 10.9 Å². The summed E-state index contributed by atoms with van der Waals surface area (Å²) in [6.45, 7) is 2.02. The lowest BCUT2D eigenvalue weighted by Gasteiger charge is -1.99. The molecule has 1 aromatic carbocycles. The molecule has 0 aliphatic carbocycles. The summed E-state index contributed by atoms with van der Waals surface area (Å²) in [4.78, 5) is 11.6. The smallest absolute Gasteiger partial charge is 0.206 e. The van der Waals surface area contributed by atoms with Gasteiger partial charge < -0.3 is 0 Å². The number of aryl methyl sites for hydroxylation is 1. The Morgan fingerprint density at radius 3 is 2.71 bits per heavy atom. The predicted octanol–water partition coefficient (Wildman–Crippen LogP) is 3.34. The molecule has 0 aliphatic rings. The molecule has 0 bridgehead atoms. The molecule has 17 heavy (non-hydrogen) atoms. The van der Waals surface area contributed by atoms with Crippen LogP contribution in [0, 0.1) is 6.92 Å². The fourth-order valence-electron chi connectivity index (χ4n) is 1.27. The minimum absolute atomic E-state index is 0.0918. The van der Waals surface area contributed by atoms with Crippen molar-refractivity contribution < 1.29 is 4.79 Å². The van der Waals surface area contributed by atoms with Crippen LogP contribution in [0.2, 0.25) is 0 Å². The van der Waals surface area contributed by atoms with Crippen LogP contribution in [0.4, 0.5) is 5.69 Å². The van der Waals surface area contributed by atoms with Crippen molar-refractivity contribution in [3.63, 3.8) is 0 Å². The molecule has 0 saturated carbocycles. The molecule has 86 valence electrons. The topological polar surface area (TPSA) is 41.5 Å². The molecule has 0 fully saturated rings. The van der Waals surface area contributed by atoms with E-state index in [1.54, 1.807) is 11.4 Å². The van der Waals surface area contributed by atoms with Crippen LogP contribution in [0.1, 0.15) is 15.9 Å². The van der Waals surface area contributed by atoms with Crippen molar-refractivity contribution in [3.8, 4) is 0 Å². The van der Waals surface area contributed by atoms with Gasteiger partial charge in [0.15, 0.2) is 0 Å². The van der Waals surface area contributed by atoms with Gasteiger partial charge in [0.2, 0.25) is 5.78 Å². The summed E-state index contributed by atoms with van der Waals surface area (Å²) in [7, 11) is 0. The second kappa shape index (κ2) is 5.41. The normalized spacial score (nSPS) is 10.6. The van der Waals surface area contributed by atoms with Gasteiger partial charge in [-0.05, 0) is 30.5 Å². The maximum Gasteiger partial charge on any atom is 0.206 e. The Bertz CT molecular complexity index is 515. The van der Waals surface area contributed by atoms with Crippen molar-refractivity contribution in [3.05, 3.63) is 52.2 Å². The first-order valence-corrected chi connectivity index (χ1v) is 6.12. The summed E-state index contributed by atoms with van der Waals surface area (Å²) in [6.07, 6.45) is 1.29. The summed E-state index contributed by atoms with van der Waals surface area (Å²) >= 11 is 1.50. The Morgan fingerprint density at radius 2 is 2.06 bits per heavy atom. The highest BCUT2D eigenvalue weighted by Crippen LogP contribution is 2.08. The van der Waals surface area contributed by atoms with Crippen molar-refractivity contribution >= 4 is 29.0 Å². The zero-order valence-electron chi connectivity index (χ0n) is 9.38. The fraction of sp³-hybridized carbons (Fsp3) is 0.0769. The largest absolute Gasteiger partial charge is 0.287 e. The van der Waals surface area contributed by atoms with Crippen LogP contribution >= 0.6 is 11.3 Å². The Balaban J connectivity index is 1.94. The van der Waals surface area contributed by atoms with Gasteiger partial charge in [0.1, 0.15) is 0 Å². The number of anilines is 1. The number of hydrazone groups is 1. The minimum Gasteiger partial charge on any atom is -0.287 e. The molecule has 4 heteroatoms. The summed E-state index contributed by atoms with van der Waals surface area (Å²) in [5.74, 6) is -0.0918. The number of rotatable bonds is 4. The first-order valence-electron chi connectivity index (χ1n) is 5.18. The van der Waals surface area contributed by atoms with E-state index in [4.69, 9.17) is 0 Å². The van der Waals surface area contributed by atoms with Gasteiger partial charge in [-0.2, -0.15) is 16.4 Å². The molecule has 0 aliphatic heterocycles. The lowest BCUT2D eigenvalue weighted by atomic mass is 10.2. The number of nitrogens with zero attached hydrogens (tertiary/aromatic N) is 1. The first kappa shape index (κ1) is 11.5. The number of thiophene rings is 1. The standard InChI is InChI=1S/C13H12N2OS/c1-10-2-4-12(5-3-10)15-14-8-13(16)11-6-7-17-9-11/h2-9,15H,1H3. The van der Waals surface area contributed by atoms with Crippen molar-refractivity contribution in [2.45, 2.75) is 6.92 Å². The second-order valence-electron chi connectivity index (χ2n) is 3.61. The Labute approximate surface area is 104 Å². The Morgan fingerprint density at radius 1 is 1.29 bits per heavy atom. The van der Waals surface area contributed by atoms with E-state index in [1.807, 2.05) is 36.6 Å². The monoisotopic (exact) mass is 244 g/mol. The van der Waals surface area contributed by atoms with Crippen LogP contribution < -0.4 is 5.43 Å². The van der Waals surface area contributed by atoms with E-state index < -0.39 is 0 Å². The third-order valence-corrected chi connectivity index (χ3v) is 2.92. The van der Waals surface area contributed by atoms with Gasteiger partial charge in [-0.15, -0.1) is 0 Å². The fourth-order valence-corrected chi connectivity index (χ4v) is 1.92. The number of carbonyl (C=O) groups excluding carboxylic acids is 1. The van der Waals surface area contributed by atoms with Crippen molar-refractivity contribution in [2.75, 3.05) is 5.43 Å². The molecule has 2 aromatic rings. The molecule has 1 heterocycles. The van der Waals surface area contributed by atoms with E-state index >= 15 is 0 Å². The molecule has 0 saturated heterocycles. The number of nitrogens with one attached hydrogen (secondary N) is 1. The molecule has 0 atom stereocenters. The number of carbonyl (C=O) groups is 1. The lowest BCUT2D eigenvalue weighted by Crippen LogP contribution is -2.00. The number of Topliss-reactive ketones (excluding diaryl/α,β-unsaturated/α-hetero) is 1. The molecule has 1 aromatic heterocycles. The zero-order valence-corrected chi connectivity index (χ0v) is 10.2. The molecule has 2 rings (SSSR count). The highest BCUT2D eigenvalue weighted by Gasteiger charge is 2.01. The van der Waals surface area contributed by atoms with Crippen LogP contribution in [-0.2, 0) is 0 Å². The summed E-state index contributed by atoms with van der Waals surface area (Å²) in [5.41, 5.74) is 5.54. The molecule has 0 unspecified atom stereocenters. The third-order valence-electron chi connectivity index (χ3n) is 2.23. The van der Waals surface area contributed by atoms with E-state index in [9.17, 15) is 4.79 Å². The predicted molar refractivity (Wildman–Crippen MR) is 71.9 cm³/mol.